The first-order valence-corrected chi connectivity index (χ1v) is 21.2. The second-order valence-electron chi connectivity index (χ2n) is 15.6. The predicted octanol–water partition coefficient (Wildman–Crippen LogP) is 14.0. The van der Waals surface area contributed by atoms with E-state index in [1.807, 2.05) is 91.1 Å². The molecule has 0 radical (unpaired) electrons. The summed E-state index contributed by atoms with van der Waals surface area (Å²) in [6.45, 7) is 0. The summed E-state index contributed by atoms with van der Waals surface area (Å²) in [6.07, 6.45) is 5.35. The molecule has 0 aliphatic heterocycles. The minimum atomic E-state index is -0.575. The van der Waals surface area contributed by atoms with E-state index in [1.165, 1.54) is 0 Å². The molecule has 4 aromatic heterocycles. The Morgan fingerprint density at radius 3 is 1.85 bits per heavy atom. The van der Waals surface area contributed by atoms with Crippen LogP contribution in [0.25, 0.3) is 99.8 Å². The number of hydrogen-bond donors (Lipinski definition) is 0. The number of fused-ring (bicyclic) bond motifs is 7. The predicted molar refractivity (Wildman–Crippen MR) is 265 cm³/mol. The van der Waals surface area contributed by atoms with Crippen molar-refractivity contribution in [1.29, 1.82) is 0 Å². The number of ether oxygens (including phenoxy) is 1. The first-order valence-electron chi connectivity index (χ1n) is 26.2. The van der Waals surface area contributed by atoms with Crippen molar-refractivity contribution in [3.63, 3.8) is 0 Å². The fourth-order valence-corrected chi connectivity index (χ4v) is 9.11. The summed E-state index contributed by atoms with van der Waals surface area (Å²) >= 11 is 0. The first-order chi connectivity index (χ1) is 36.9. The molecule has 67 heavy (non-hydrogen) atoms. The summed E-state index contributed by atoms with van der Waals surface area (Å²) in [5.41, 5.74) is 6.57. The van der Waals surface area contributed by atoms with E-state index in [9.17, 15) is 0 Å². The summed E-state index contributed by atoms with van der Waals surface area (Å²) in [7, 11) is 0. The molecular formula is C60H37N5OPt-2. The van der Waals surface area contributed by atoms with Gasteiger partial charge in [0.05, 0.1) is 41.5 Å². The van der Waals surface area contributed by atoms with E-state index >= 15 is 0 Å². The molecule has 0 atom stereocenters. The van der Waals surface area contributed by atoms with Crippen LogP contribution in [-0.4, -0.2) is 18.7 Å². The Hall–Kier alpha value is -8.31. The maximum atomic E-state index is 9.04. The van der Waals surface area contributed by atoms with Gasteiger partial charge in [0.1, 0.15) is 5.82 Å². The zero-order valence-corrected chi connectivity index (χ0v) is 37.3. The molecule has 0 spiro atoms. The maximum absolute atomic E-state index is 9.04. The maximum Gasteiger partial charge on any atom is 0.268 e. The van der Waals surface area contributed by atoms with Crippen LogP contribution in [0.3, 0.4) is 0 Å². The van der Waals surface area contributed by atoms with E-state index in [-0.39, 0.29) is 49.0 Å². The van der Waals surface area contributed by atoms with E-state index < -0.39 is 60.4 Å². The second-order valence-corrected chi connectivity index (χ2v) is 15.6. The molecule has 0 fully saturated rings. The summed E-state index contributed by atoms with van der Waals surface area (Å²) in [5, 5.41) is 4.10. The molecule has 0 aliphatic rings. The van der Waals surface area contributed by atoms with Crippen molar-refractivity contribution in [2.75, 3.05) is 0 Å². The van der Waals surface area contributed by atoms with Crippen LogP contribution in [0.5, 0.6) is 11.5 Å². The van der Waals surface area contributed by atoms with Crippen LogP contribution < -0.4 is 9.30 Å². The summed E-state index contributed by atoms with van der Waals surface area (Å²) in [4.78, 5) is 5.09. The van der Waals surface area contributed by atoms with Gasteiger partial charge >= 0.3 is 0 Å². The second kappa shape index (κ2) is 16.6. The number of pyridine rings is 1. The van der Waals surface area contributed by atoms with Crippen LogP contribution in [0.15, 0.2) is 224 Å². The van der Waals surface area contributed by atoms with Crippen molar-refractivity contribution >= 4 is 54.6 Å². The minimum absolute atomic E-state index is 0. The smallest absolute Gasteiger partial charge is 0.268 e. The molecule has 0 saturated carbocycles. The summed E-state index contributed by atoms with van der Waals surface area (Å²) in [6, 6.07) is 51.9. The van der Waals surface area contributed by atoms with Crippen LogP contribution in [0.2, 0.25) is 0 Å². The molecule has 0 aliphatic carbocycles. The monoisotopic (exact) mass is 1050 g/mol. The number of imidazole rings is 1. The Morgan fingerprint density at radius 1 is 0.507 bits per heavy atom. The van der Waals surface area contributed by atoms with Gasteiger partial charge < -0.3 is 18.4 Å². The van der Waals surface area contributed by atoms with Gasteiger partial charge in [0.15, 0.2) is 0 Å². The Morgan fingerprint density at radius 2 is 1.12 bits per heavy atom. The zero-order chi connectivity index (χ0) is 52.3. The largest absolute Gasteiger partial charge is 0.510 e. The zero-order valence-electron chi connectivity index (χ0n) is 45.0. The fraction of sp³-hybridized carbons (Fsp3) is 0. The third kappa shape index (κ3) is 6.76. The van der Waals surface area contributed by atoms with E-state index in [4.69, 9.17) is 23.4 Å². The van der Waals surface area contributed by atoms with Gasteiger partial charge in [-0.2, -0.15) is 18.2 Å². The van der Waals surface area contributed by atoms with Crippen molar-refractivity contribution < 1.29 is 44.1 Å². The summed E-state index contributed by atoms with van der Waals surface area (Å²) in [5.74, 6) is 1.46. The number of rotatable bonds is 8. The Kier molecular flexibility index (Phi) is 7.62. The molecule has 0 bridgehead atoms. The average Bonchev–Trinajstić information content (AvgIpc) is 4.30. The molecule has 4 heterocycles. The van der Waals surface area contributed by atoms with Gasteiger partial charge in [0, 0.05) is 66.8 Å². The molecule has 6 nitrogen and oxygen atoms in total. The normalized spacial score (nSPS) is 13.6. The van der Waals surface area contributed by atoms with Crippen molar-refractivity contribution in [3.8, 4) is 56.6 Å². The third-order valence-corrected chi connectivity index (χ3v) is 11.9. The number of aromatic nitrogens is 5. The third-order valence-electron chi connectivity index (χ3n) is 11.9. The fourth-order valence-electron chi connectivity index (χ4n) is 9.11. The quantitative estimate of drug-likeness (QED) is 0.112. The van der Waals surface area contributed by atoms with Gasteiger partial charge in [-0.15, -0.1) is 29.7 Å². The Labute approximate surface area is 415 Å². The Bertz CT molecular complexity index is 4450. The van der Waals surface area contributed by atoms with Crippen molar-refractivity contribution in [2.45, 2.75) is 0 Å². The van der Waals surface area contributed by atoms with Gasteiger partial charge in [-0.05, 0) is 57.6 Å². The molecule has 0 unspecified atom stereocenters. The number of benzene rings is 9. The van der Waals surface area contributed by atoms with Crippen molar-refractivity contribution in [1.82, 2.24) is 18.7 Å². The molecule has 13 aromatic rings. The molecular weight excluding hydrogens is 1000 g/mol. The van der Waals surface area contributed by atoms with Gasteiger partial charge in [-0.1, -0.05) is 163 Å². The SMILES string of the molecule is [2H]c1c([2H])c([2H])c(-c2cccc(-c3c([2H])c([2H])c([2H])c([2H])c3[2H])c2-[n+]2[c-]n(-c3[c-]c(Oc4[c-]c5c(cc4)c4ccccc4n5-c4cc5c(cn4)c4ccccc4n5-c4ccccc4)ccc3)c3ccccc32)c([2H])c1[2H].[Pt]. The van der Waals surface area contributed by atoms with Gasteiger partial charge in [-0.25, -0.2) is 4.98 Å². The molecule has 0 N–H and O–H groups in total. The van der Waals surface area contributed by atoms with E-state index in [0.717, 1.165) is 49.3 Å². The van der Waals surface area contributed by atoms with Crippen molar-refractivity contribution in [3.05, 3.63) is 243 Å². The molecule has 13 rings (SSSR count). The van der Waals surface area contributed by atoms with Gasteiger partial charge in [0.25, 0.3) is 6.33 Å². The topological polar surface area (TPSA) is 40.8 Å². The number of nitrogens with zero attached hydrogens (tertiary/aromatic N) is 5. The van der Waals surface area contributed by atoms with Crippen LogP contribution in [-0.2, 0) is 21.1 Å². The van der Waals surface area contributed by atoms with Gasteiger partial charge in [-0.3, -0.25) is 4.57 Å². The van der Waals surface area contributed by atoms with Crippen LogP contribution >= 0.6 is 0 Å². The molecule has 0 saturated heterocycles. The molecule has 320 valence electrons. The van der Waals surface area contributed by atoms with E-state index in [1.54, 1.807) is 39.5 Å². The number of hydrogen-bond acceptors (Lipinski definition) is 2. The van der Waals surface area contributed by atoms with E-state index in [0.29, 0.717) is 34.0 Å². The average molecular weight is 1050 g/mol. The van der Waals surface area contributed by atoms with Crippen molar-refractivity contribution in [2.24, 2.45) is 0 Å². The van der Waals surface area contributed by atoms with Crippen LogP contribution in [0, 0.1) is 18.5 Å². The Balaban J connectivity index is 0.00000596. The molecule has 0 amide bonds. The molecule has 9 aromatic carbocycles. The van der Waals surface area contributed by atoms with E-state index in [2.05, 4.69) is 70.1 Å². The first kappa shape index (κ1) is 30.8. The number of para-hydroxylation sites is 6. The minimum Gasteiger partial charge on any atom is -0.510 e. The van der Waals surface area contributed by atoms with Crippen LogP contribution in [0.4, 0.5) is 0 Å². The molecule has 7 heteroatoms. The standard InChI is InChI=1S/C60H37N5O.Pt/c1-4-18-41(19-5-1)47-28-17-29-48(42-20-6-2-7-21-42)60(47)63-40-62(55-32-14-15-33-56(55)63)44-24-16-25-45(36-44)66-46-34-35-51-49-26-10-13-31-54(49)65(57(51)37-46)59-38-58-52(39-61-59)50-27-11-12-30-53(50)64(58)43-22-8-3-9-23-43;/h1-35,38-39H;/q-2;/i1D,2D,4D,5D,6D,7D,18D,19D,20D,21D;. The van der Waals surface area contributed by atoms with Gasteiger partial charge in [0.2, 0.25) is 0 Å². The summed E-state index contributed by atoms with van der Waals surface area (Å²) < 4.78 is 102. The van der Waals surface area contributed by atoms with Crippen LogP contribution in [0.1, 0.15) is 13.7 Å².